The van der Waals surface area contributed by atoms with E-state index in [1.54, 1.807) is 0 Å². The van der Waals surface area contributed by atoms with Gasteiger partial charge in [-0.3, -0.25) is 0 Å². The molecule has 0 N–H and O–H groups in total. The van der Waals surface area contributed by atoms with E-state index in [0.717, 1.165) is 0 Å². The third kappa shape index (κ3) is 30.5. The van der Waals surface area contributed by atoms with Crippen LogP contribution in [-0.4, -0.2) is 6.47 Å². The first-order valence-electron chi connectivity index (χ1n) is 0.471. The Balaban J connectivity index is -0.00000000667. The summed E-state index contributed by atoms with van der Waals surface area (Å²) in [7, 11) is 0. The van der Waals surface area contributed by atoms with Gasteiger partial charge in [0.15, 0.2) is 0 Å². The molecule has 0 aromatic rings. The number of hydrogen-bond donors (Lipinski definition) is 0. The predicted molar refractivity (Wildman–Crippen MR) is 7.18 cm³/mol. The molecular formula is CH2Na2O2. The van der Waals surface area contributed by atoms with Gasteiger partial charge in [-0.25, -0.2) is 0 Å². The molecule has 0 aliphatic heterocycles. The second-order valence-electron chi connectivity index (χ2n) is 0.0962. The standard InChI is InChI=1S/CH2O2.2Na.H/c2-1-3;;;/h1H,(H,2,3);;;/q;2*+1;-1/p-1. The van der Waals surface area contributed by atoms with Crippen LogP contribution in [0.3, 0.4) is 0 Å². The molecule has 0 radical (unpaired) electrons. The monoisotopic (exact) mass is 92.0 g/mol. The van der Waals surface area contributed by atoms with Crippen LogP contribution < -0.4 is 64.2 Å². The number of rotatable bonds is 0. The van der Waals surface area contributed by atoms with E-state index in [0.29, 0.717) is 0 Å². The van der Waals surface area contributed by atoms with Crippen molar-refractivity contribution >= 4 is 6.47 Å². The molecule has 0 atom stereocenters. The summed E-state index contributed by atoms with van der Waals surface area (Å²) in [6.45, 7) is -0.500. The fourth-order valence-electron chi connectivity index (χ4n) is 0. The molecule has 0 aromatic carbocycles. The van der Waals surface area contributed by atoms with E-state index in [9.17, 15) is 0 Å². The van der Waals surface area contributed by atoms with Crippen molar-refractivity contribution in [3.63, 3.8) is 0 Å². The third-order valence-corrected chi connectivity index (χ3v) is 0. The molecule has 0 aliphatic rings. The first-order chi connectivity index (χ1) is 1.41. The largest absolute Gasteiger partial charge is 1.00 e. The molecule has 0 aliphatic carbocycles. The summed E-state index contributed by atoms with van der Waals surface area (Å²) in [5.74, 6) is 0. The van der Waals surface area contributed by atoms with Gasteiger partial charge in [0.2, 0.25) is 0 Å². The van der Waals surface area contributed by atoms with Gasteiger partial charge >= 0.3 is 59.1 Å². The van der Waals surface area contributed by atoms with E-state index in [-0.39, 0.29) is 60.5 Å². The molecular weight excluding hydrogens is 90.0 g/mol. The van der Waals surface area contributed by atoms with Gasteiger partial charge < -0.3 is 11.3 Å². The van der Waals surface area contributed by atoms with E-state index in [1.807, 2.05) is 0 Å². The van der Waals surface area contributed by atoms with E-state index in [4.69, 9.17) is 9.90 Å². The molecule has 0 aromatic heterocycles. The summed E-state index contributed by atoms with van der Waals surface area (Å²) in [6.07, 6.45) is 0. The van der Waals surface area contributed by atoms with E-state index < -0.39 is 6.47 Å². The van der Waals surface area contributed by atoms with Gasteiger partial charge in [-0.15, -0.1) is 0 Å². The maximum Gasteiger partial charge on any atom is 1.00 e. The molecule has 0 heterocycles. The van der Waals surface area contributed by atoms with Crippen LogP contribution in [-0.2, 0) is 4.79 Å². The van der Waals surface area contributed by atoms with Crippen molar-refractivity contribution in [3.05, 3.63) is 0 Å². The minimum absolute atomic E-state index is 0. The van der Waals surface area contributed by atoms with Gasteiger partial charge in [-0.05, 0) is 0 Å². The Bertz CT molecular complexity index is 19.0. The average Bonchev–Trinajstić information content (AvgIpc) is 0.918. The van der Waals surface area contributed by atoms with Crippen LogP contribution in [0, 0.1) is 0 Å². The maximum atomic E-state index is 8.25. The maximum absolute atomic E-state index is 8.25. The zero-order valence-electron chi connectivity index (χ0n) is 4.39. The second-order valence-corrected chi connectivity index (χ2v) is 0.0962. The quantitative estimate of drug-likeness (QED) is 0.220. The molecule has 4 heteroatoms. The van der Waals surface area contributed by atoms with Crippen molar-refractivity contribution in [2.45, 2.75) is 0 Å². The minimum Gasteiger partial charge on any atom is -1.00 e. The number of carboxylic acid groups (broad SMARTS) is 1. The van der Waals surface area contributed by atoms with Gasteiger partial charge in [0, 0.05) is 6.47 Å². The zero-order chi connectivity index (χ0) is 2.71. The summed E-state index contributed by atoms with van der Waals surface area (Å²) in [6, 6.07) is 0. The fraction of sp³-hybridized carbons (Fsp3) is 0. The number of hydrogen-bond acceptors (Lipinski definition) is 2. The summed E-state index contributed by atoms with van der Waals surface area (Å²) in [5.41, 5.74) is 0. The Labute approximate surface area is 76.0 Å². The van der Waals surface area contributed by atoms with E-state index in [1.165, 1.54) is 0 Å². The first kappa shape index (κ1) is 16.1. The van der Waals surface area contributed by atoms with Crippen molar-refractivity contribution in [3.8, 4) is 0 Å². The van der Waals surface area contributed by atoms with Crippen LogP contribution in [0.5, 0.6) is 0 Å². The smallest absolute Gasteiger partial charge is 1.00 e. The Morgan fingerprint density at radius 3 is 1.60 bits per heavy atom. The summed E-state index contributed by atoms with van der Waals surface area (Å²) in [4.78, 5) is 8.25. The molecule has 0 rings (SSSR count). The molecule has 5 heavy (non-hydrogen) atoms. The molecule has 0 amide bonds. The SMILES string of the molecule is O=C[O-].[H-].[Na+].[Na+]. The van der Waals surface area contributed by atoms with Crippen LogP contribution in [0.4, 0.5) is 0 Å². The second kappa shape index (κ2) is 17.9. The molecule has 0 saturated carbocycles. The molecule has 0 unspecified atom stereocenters. The van der Waals surface area contributed by atoms with Gasteiger partial charge in [-0.2, -0.15) is 0 Å². The normalized spacial score (nSPS) is 2.40. The zero-order valence-corrected chi connectivity index (χ0v) is 7.39. The summed E-state index contributed by atoms with van der Waals surface area (Å²) in [5, 5.41) is 8.25. The Morgan fingerprint density at radius 2 is 1.60 bits per heavy atom. The Hall–Kier alpha value is 1.47. The molecule has 0 fully saturated rings. The Kier molecular flexibility index (Phi) is 57.6. The Morgan fingerprint density at radius 1 is 1.60 bits per heavy atom. The molecule has 20 valence electrons. The third-order valence-electron chi connectivity index (χ3n) is 0. The molecule has 2 nitrogen and oxygen atoms in total. The minimum atomic E-state index is -0.500. The van der Waals surface area contributed by atoms with Crippen molar-refractivity contribution in [1.82, 2.24) is 0 Å². The first-order valence-corrected chi connectivity index (χ1v) is 0.471. The summed E-state index contributed by atoms with van der Waals surface area (Å²) < 4.78 is 0. The van der Waals surface area contributed by atoms with Crippen molar-refractivity contribution in [2.75, 3.05) is 0 Å². The number of carbonyl (C=O) groups excluding carboxylic acids is 1. The van der Waals surface area contributed by atoms with E-state index in [2.05, 4.69) is 0 Å². The van der Waals surface area contributed by atoms with Gasteiger partial charge in [-0.1, -0.05) is 0 Å². The predicted octanol–water partition coefficient (Wildman–Crippen LogP) is -7.51. The van der Waals surface area contributed by atoms with Crippen molar-refractivity contribution in [2.24, 2.45) is 0 Å². The summed E-state index contributed by atoms with van der Waals surface area (Å²) >= 11 is 0. The van der Waals surface area contributed by atoms with Crippen LogP contribution >= 0.6 is 0 Å². The number of carbonyl (C=O) groups is 1. The topological polar surface area (TPSA) is 40.1 Å². The van der Waals surface area contributed by atoms with E-state index >= 15 is 0 Å². The van der Waals surface area contributed by atoms with Gasteiger partial charge in [0.1, 0.15) is 0 Å². The van der Waals surface area contributed by atoms with Crippen LogP contribution in [0.25, 0.3) is 0 Å². The van der Waals surface area contributed by atoms with Gasteiger partial charge in [0.25, 0.3) is 0 Å². The van der Waals surface area contributed by atoms with Crippen molar-refractivity contribution in [1.29, 1.82) is 0 Å². The molecule has 0 spiro atoms. The van der Waals surface area contributed by atoms with Crippen molar-refractivity contribution < 1.29 is 70.4 Å². The molecule has 0 saturated heterocycles. The van der Waals surface area contributed by atoms with Crippen LogP contribution in [0.15, 0.2) is 0 Å². The van der Waals surface area contributed by atoms with Gasteiger partial charge in [0.05, 0.1) is 0 Å². The fourth-order valence-corrected chi connectivity index (χ4v) is 0. The van der Waals surface area contributed by atoms with Crippen LogP contribution in [0.1, 0.15) is 1.43 Å². The molecule has 0 bridgehead atoms. The van der Waals surface area contributed by atoms with Crippen LogP contribution in [0.2, 0.25) is 0 Å². The average molecular weight is 92.0 g/mol.